The molecule has 0 atom stereocenters. The van der Waals surface area contributed by atoms with Crippen LogP contribution in [0.25, 0.3) is 11.2 Å². The first-order chi connectivity index (χ1) is 14.5. The minimum Gasteiger partial charge on any atom is -0.462 e. The molecule has 0 spiro atoms. The van der Waals surface area contributed by atoms with Gasteiger partial charge in [0.1, 0.15) is 6.33 Å². The van der Waals surface area contributed by atoms with E-state index in [4.69, 9.17) is 4.74 Å². The van der Waals surface area contributed by atoms with Gasteiger partial charge >= 0.3 is 5.97 Å². The summed E-state index contributed by atoms with van der Waals surface area (Å²) < 4.78 is 8.20. The number of rotatable bonds is 9. The monoisotopic (exact) mass is 411 g/mol. The van der Waals surface area contributed by atoms with Crippen LogP contribution >= 0.6 is 0 Å². The summed E-state index contributed by atoms with van der Waals surface area (Å²) in [5.74, 6) is -0.597. The lowest BCUT2D eigenvalue weighted by Crippen LogP contribution is -2.21. The van der Waals surface area contributed by atoms with Crippen molar-refractivity contribution in [3.8, 4) is 0 Å². The van der Waals surface area contributed by atoms with E-state index in [-0.39, 0.29) is 17.9 Å². The van der Waals surface area contributed by atoms with Crippen molar-refractivity contribution in [1.29, 1.82) is 0 Å². The van der Waals surface area contributed by atoms with E-state index in [0.29, 0.717) is 42.1 Å². The zero-order valence-electron chi connectivity index (χ0n) is 17.1. The standard InChI is InChI=1S/C21H25N5O4/c1-3-5-11-26-14-23-19-18(20(26)28)22-13-25(19)12-10-17(27)24-16-8-6-15(7-9-16)21(29)30-4-2/h6-9,13-14H,3-5,10-12H2,1-2H3,(H,24,27). The van der Waals surface area contributed by atoms with Gasteiger partial charge in [-0.1, -0.05) is 13.3 Å². The molecular formula is C21H25N5O4. The van der Waals surface area contributed by atoms with Crippen molar-refractivity contribution in [2.24, 2.45) is 0 Å². The van der Waals surface area contributed by atoms with E-state index in [0.717, 1.165) is 12.8 Å². The highest BCUT2D eigenvalue weighted by atomic mass is 16.5. The molecule has 1 amide bonds. The second kappa shape index (κ2) is 9.82. The first-order valence-electron chi connectivity index (χ1n) is 10.0. The van der Waals surface area contributed by atoms with Crippen molar-refractivity contribution >= 4 is 28.7 Å². The third-order valence-electron chi connectivity index (χ3n) is 4.61. The van der Waals surface area contributed by atoms with Gasteiger partial charge in [0, 0.05) is 25.2 Å². The van der Waals surface area contributed by atoms with E-state index in [2.05, 4.69) is 22.2 Å². The van der Waals surface area contributed by atoms with Crippen molar-refractivity contribution in [1.82, 2.24) is 19.1 Å². The number of fused-ring (bicyclic) bond motifs is 1. The molecule has 30 heavy (non-hydrogen) atoms. The highest BCUT2D eigenvalue weighted by Crippen LogP contribution is 2.12. The molecule has 0 saturated carbocycles. The Kier molecular flexibility index (Phi) is 6.95. The summed E-state index contributed by atoms with van der Waals surface area (Å²) in [6.45, 7) is 5.07. The number of ether oxygens (including phenoxy) is 1. The van der Waals surface area contributed by atoms with Crippen LogP contribution in [-0.2, 0) is 22.6 Å². The largest absolute Gasteiger partial charge is 0.462 e. The van der Waals surface area contributed by atoms with Gasteiger partial charge in [0.15, 0.2) is 11.2 Å². The predicted molar refractivity (Wildman–Crippen MR) is 112 cm³/mol. The molecule has 3 aromatic rings. The molecule has 2 heterocycles. The highest BCUT2D eigenvalue weighted by Gasteiger charge is 2.12. The van der Waals surface area contributed by atoms with Crippen LogP contribution in [0.15, 0.2) is 41.7 Å². The Hall–Kier alpha value is -3.49. The molecule has 0 bridgehead atoms. The lowest BCUT2D eigenvalue weighted by Gasteiger charge is -2.08. The minimum atomic E-state index is -0.399. The maximum atomic E-state index is 12.5. The number of unbranched alkanes of at least 4 members (excludes halogenated alkanes) is 1. The summed E-state index contributed by atoms with van der Waals surface area (Å²) in [4.78, 5) is 45.0. The summed E-state index contributed by atoms with van der Waals surface area (Å²) >= 11 is 0. The smallest absolute Gasteiger partial charge is 0.338 e. The maximum absolute atomic E-state index is 12.5. The molecule has 0 aliphatic carbocycles. The number of hydrogen-bond acceptors (Lipinski definition) is 6. The topological polar surface area (TPSA) is 108 Å². The van der Waals surface area contributed by atoms with E-state index in [1.807, 2.05) is 0 Å². The third-order valence-corrected chi connectivity index (χ3v) is 4.61. The molecule has 3 rings (SSSR count). The van der Waals surface area contributed by atoms with E-state index in [9.17, 15) is 14.4 Å². The zero-order chi connectivity index (χ0) is 21.5. The number of carbonyl (C=O) groups is 2. The molecular weight excluding hydrogens is 386 g/mol. The van der Waals surface area contributed by atoms with Crippen LogP contribution in [0.4, 0.5) is 5.69 Å². The van der Waals surface area contributed by atoms with Gasteiger partial charge in [-0.15, -0.1) is 0 Å². The highest BCUT2D eigenvalue weighted by molar-refractivity contribution is 5.93. The van der Waals surface area contributed by atoms with Crippen LogP contribution in [0.3, 0.4) is 0 Å². The third kappa shape index (κ3) is 4.91. The summed E-state index contributed by atoms with van der Waals surface area (Å²) in [6.07, 6.45) is 5.13. The number of carbonyl (C=O) groups excluding carboxylic acids is 2. The van der Waals surface area contributed by atoms with Crippen LogP contribution in [0.5, 0.6) is 0 Å². The normalized spacial score (nSPS) is 10.9. The number of amides is 1. The van der Waals surface area contributed by atoms with Crippen LogP contribution in [0, 0.1) is 0 Å². The molecule has 158 valence electrons. The summed E-state index contributed by atoms with van der Waals surface area (Å²) in [6, 6.07) is 6.50. The zero-order valence-corrected chi connectivity index (χ0v) is 17.1. The number of benzene rings is 1. The molecule has 2 aromatic heterocycles. The summed E-state index contributed by atoms with van der Waals surface area (Å²) in [7, 11) is 0. The number of esters is 1. The molecule has 0 saturated heterocycles. The fourth-order valence-corrected chi connectivity index (χ4v) is 2.98. The van der Waals surface area contributed by atoms with Gasteiger partial charge in [-0.05, 0) is 37.6 Å². The second-order valence-electron chi connectivity index (χ2n) is 6.80. The number of imidazole rings is 1. The Morgan fingerprint density at radius 1 is 1.03 bits per heavy atom. The Bertz CT molecular complexity index is 1080. The molecule has 9 nitrogen and oxygen atoms in total. The van der Waals surface area contributed by atoms with Crippen LogP contribution < -0.4 is 10.9 Å². The second-order valence-corrected chi connectivity index (χ2v) is 6.80. The van der Waals surface area contributed by atoms with Gasteiger partial charge < -0.3 is 14.6 Å². The lowest BCUT2D eigenvalue weighted by molar-refractivity contribution is -0.116. The number of aryl methyl sites for hydroxylation is 2. The van der Waals surface area contributed by atoms with Crippen LogP contribution in [-0.4, -0.2) is 37.6 Å². The minimum absolute atomic E-state index is 0.168. The Balaban J connectivity index is 1.61. The Morgan fingerprint density at radius 3 is 2.47 bits per heavy atom. The summed E-state index contributed by atoms with van der Waals surface area (Å²) in [5, 5.41) is 2.78. The van der Waals surface area contributed by atoms with Crippen molar-refractivity contribution < 1.29 is 14.3 Å². The molecule has 1 N–H and O–H groups in total. The molecule has 0 aliphatic heterocycles. The van der Waals surface area contributed by atoms with E-state index in [1.165, 1.54) is 12.7 Å². The van der Waals surface area contributed by atoms with Crippen molar-refractivity contribution in [3.63, 3.8) is 0 Å². The first kappa shape index (κ1) is 21.2. The Labute approximate surface area is 173 Å². The average Bonchev–Trinajstić information content (AvgIpc) is 3.16. The molecule has 0 aliphatic rings. The maximum Gasteiger partial charge on any atom is 0.338 e. The van der Waals surface area contributed by atoms with Gasteiger partial charge in [0.05, 0.1) is 18.5 Å². The first-order valence-corrected chi connectivity index (χ1v) is 10.0. The molecule has 9 heteroatoms. The number of nitrogens with one attached hydrogen (secondary N) is 1. The number of nitrogens with zero attached hydrogens (tertiary/aromatic N) is 4. The molecule has 0 radical (unpaired) electrons. The molecule has 0 fully saturated rings. The summed E-state index contributed by atoms with van der Waals surface area (Å²) in [5.41, 5.74) is 1.62. The van der Waals surface area contributed by atoms with Gasteiger partial charge in [0.25, 0.3) is 5.56 Å². The van der Waals surface area contributed by atoms with E-state index < -0.39 is 5.97 Å². The van der Waals surface area contributed by atoms with Gasteiger partial charge in [-0.3, -0.25) is 14.2 Å². The fourth-order valence-electron chi connectivity index (χ4n) is 2.98. The van der Waals surface area contributed by atoms with Crippen molar-refractivity contribution in [2.75, 3.05) is 11.9 Å². The van der Waals surface area contributed by atoms with E-state index in [1.54, 1.807) is 40.3 Å². The SMILES string of the molecule is CCCCn1cnc2c(ncn2CCC(=O)Nc2ccc(C(=O)OCC)cc2)c1=O. The quantitative estimate of drug-likeness (QED) is 0.542. The molecule has 1 aromatic carbocycles. The Morgan fingerprint density at radius 2 is 1.77 bits per heavy atom. The van der Waals surface area contributed by atoms with Gasteiger partial charge in [-0.2, -0.15) is 0 Å². The van der Waals surface area contributed by atoms with Crippen molar-refractivity contribution in [2.45, 2.75) is 46.2 Å². The van der Waals surface area contributed by atoms with Gasteiger partial charge in [-0.25, -0.2) is 14.8 Å². The van der Waals surface area contributed by atoms with Crippen LogP contribution in [0.2, 0.25) is 0 Å². The fraction of sp³-hybridized carbons (Fsp3) is 0.381. The van der Waals surface area contributed by atoms with Crippen LogP contribution in [0.1, 0.15) is 43.5 Å². The number of aromatic nitrogens is 4. The molecule has 0 unspecified atom stereocenters. The number of hydrogen-bond donors (Lipinski definition) is 1. The van der Waals surface area contributed by atoms with E-state index >= 15 is 0 Å². The lowest BCUT2D eigenvalue weighted by atomic mass is 10.2. The average molecular weight is 411 g/mol. The van der Waals surface area contributed by atoms with Crippen molar-refractivity contribution in [3.05, 3.63) is 52.8 Å². The van der Waals surface area contributed by atoms with Gasteiger partial charge in [0.2, 0.25) is 5.91 Å². The predicted octanol–water partition coefficient (Wildman–Crippen LogP) is 2.60. The number of anilines is 1.